The van der Waals surface area contributed by atoms with Crippen molar-refractivity contribution in [3.8, 4) is 11.4 Å². The third-order valence-corrected chi connectivity index (χ3v) is 8.63. The van der Waals surface area contributed by atoms with E-state index >= 15 is 0 Å². The second-order valence-corrected chi connectivity index (χ2v) is 11.0. The Kier molecular flexibility index (Phi) is 10.3. The van der Waals surface area contributed by atoms with E-state index in [-0.39, 0.29) is 24.6 Å². The zero-order valence-electron chi connectivity index (χ0n) is 24.8. The minimum Gasteiger partial charge on any atom is -0.497 e. The summed E-state index contributed by atoms with van der Waals surface area (Å²) < 4.78 is 7.46. The first kappa shape index (κ1) is 29.7. The van der Waals surface area contributed by atoms with Gasteiger partial charge in [-0.3, -0.25) is 4.79 Å². The molecule has 1 aromatic heterocycles. The second-order valence-electron chi connectivity index (χ2n) is 11.0. The zero-order valence-corrected chi connectivity index (χ0v) is 24.8. The smallest absolute Gasteiger partial charge is 0.253 e. The lowest BCUT2D eigenvalue weighted by Crippen LogP contribution is -2.37. The molecule has 0 spiro atoms. The zero-order chi connectivity index (χ0) is 28.6. The van der Waals surface area contributed by atoms with Crippen LogP contribution in [0.15, 0.2) is 54.7 Å². The van der Waals surface area contributed by atoms with E-state index in [0.29, 0.717) is 17.9 Å². The average molecular weight is 547 g/mol. The van der Waals surface area contributed by atoms with Crippen LogP contribution in [0.5, 0.6) is 5.75 Å². The van der Waals surface area contributed by atoms with Crippen molar-refractivity contribution >= 4 is 11.6 Å². The summed E-state index contributed by atoms with van der Waals surface area (Å²) in [5.41, 5.74) is 5.14. The fraction of sp³-hybridized carbons (Fsp3) is 0.515. The van der Waals surface area contributed by atoms with E-state index in [4.69, 9.17) is 9.84 Å². The molecule has 0 radical (unpaired) electrons. The van der Waals surface area contributed by atoms with E-state index in [1.807, 2.05) is 42.1 Å². The third-order valence-electron chi connectivity index (χ3n) is 8.63. The molecule has 2 aromatic carbocycles. The molecule has 1 N–H and O–H groups in total. The summed E-state index contributed by atoms with van der Waals surface area (Å²) in [5, 5.41) is 14.4. The molecule has 1 aliphatic rings. The number of carbonyl (C=O) groups is 1. The fourth-order valence-electron chi connectivity index (χ4n) is 6.25. The van der Waals surface area contributed by atoms with Crippen molar-refractivity contribution in [2.75, 3.05) is 32.7 Å². The number of aryl methyl sites for hydroxylation is 1. The van der Waals surface area contributed by atoms with Crippen LogP contribution in [0.25, 0.3) is 5.69 Å². The first-order valence-corrected chi connectivity index (χ1v) is 14.9. The van der Waals surface area contributed by atoms with Crippen LogP contribution in [0.2, 0.25) is 0 Å². The van der Waals surface area contributed by atoms with Crippen LogP contribution < -0.4 is 9.64 Å². The van der Waals surface area contributed by atoms with Gasteiger partial charge in [-0.15, -0.1) is 0 Å². The Morgan fingerprint density at radius 3 is 2.45 bits per heavy atom. The molecule has 0 saturated heterocycles. The van der Waals surface area contributed by atoms with Crippen molar-refractivity contribution in [1.29, 1.82) is 0 Å². The van der Waals surface area contributed by atoms with Gasteiger partial charge in [0.1, 0.15) is 5.75 Å². The first-order chi connectivity index (χ1) is 19.4. The van der Waals surface area contributed by atoms with E-state index in [0.717, 1.165) is 35.7 Å². The molecule has 40 heavy (non-hydrogen) atoms. The summed E-state index contributed by atoms with van der Waals surface area (Å²) in [6.45, 7) is 4.31. The van der Waals surface area contributed by atoms with E-state index in [9.17, 15) is 9.90 Å². The van der Waals surface area contributed by atoms with Gasteiger partial charge in [0.2, 0.25) is 0 Å². The number of aromatic nitrogens is 2. The highest BCUT2D eigenvalue weighted by Gasteiger charge is 2.32. The molecule has 1 aliphatic carbocycles. The van der Waals surface area contributed by atoms with Crippen LogP contribution in [0.4, 0.5) is 5.69 Å². The molecule has 1 fully saturated rings. The largest absolute Gasteiger partial charge is 0.497 e. The van der Waals surface area contributed by atoms with Crippen LogP contribution in [0, 0.1) is 5.92 Å². The van der Waals surface area contributed by atoms with Crippen molar-refractivity contribution in [2.24, 2.45) is 5.92 Å². The van der Waals surface area contributed by atoms with E-state index < -0.39 is 0 Å². The molecule has 0 aliphatic heterocycles. The van der Waals surface area contributed by atoms with Crippen molar-refractivity contribution in [3.05, 3.63) is 71.5 Å². The predicted molar refractivity (Wildman–Crippen MR) is 162 cm³/mol. The SMILES string of the molecule is CCc1nn(-c2cccc(OC)c2)cc1C(C1CCCCC1)N(C)c1ccc(C(=O)N(C)C(CC)CCO)cc1. The Morgan fingerprint density at radius 2 is 1.82 bits per heavy atom. The Balaban J connectivity index is 1.65. The maximum absolute atomic E-state index is 13.2. The Labute approximate surface area is 239 Å². The lowest BCUT2D eigenvalue weighted by atomic mass is 9.80. The summed E-state index contributed by atoms with van der Waals surface area (Å²) in [6, 6.07) is 16.3. The van der Waals surface area contributed by atoms with Gasteiger partial charge < -0.3 is 19.6 Å². The van der Waals surface area contributed by atoms with Gasteiger partial charge in [0.15, 0.2) is 0 Å². The highest BCUT2D eigenvalue weighted by molar-refractivity contribution is 5.94. The topological polar surface area (TPSA) is 70.8 Å². The molecule has 2 unspecified atom stereocenters. The lowest BCUT2D eigenvalue weighted by Gasteiger charge is -2.38. The van der Waals surface area contributed by atoms with Gasteiger partial charge in [-0.2, -0.15) is 5.10 Å². The number of hydrogen-bond acceptors (Lipinski definition) is 5. The van der Waals surface area contributed by atoms with Crippen LogP contribution >= 0.6 is 0 Å². The second kappa shape index (κ2) is 13.8. The third kappa shape index (κ3) is 6.52. The van der Waals surface area contributed by atoms with Crippen molar-refractivity contribution in [1.82, 2.24) is 14.7 Å². The molecule has 1 saturated carbocycles. The number of aliphatic hydroxyl groups excluding tert-OH is 1. The Bertz CT molecular complexity index is 1230. The summed E-state index contributed by atoms with van der Waals surface area (Å²) in [4.78, 5) is 17.3. The standard InChI is InChI=1S/C33H46N4O3/c1-6-26(20-21-38)36(4)33(39)25-16-18-27(19-17-25)35(3)32(24-12-9-8-10-13-24)30-23-37(34-31(30)7-2)28-14-11-15-29(22-28)40-5/h11,14-19,22-24,26,32,38H,6-10,12-13,20-21H2,1-5H3. The van der Waals surface area contributed by atoms with Gasteiger partial charge in [-0.25, -0.2) is 4.68 Å². The van der Waals surface area contributed by atoms with Crippen molar-refractivity contribution in [3.63, 3.8) is 0 Å². The van der Waals surface area contributed by atoms with Gasteiger partial charge in [0, 0.05) is 55.8 Å². The molecule has 0 bridgehead atoms. The van der Waals surface area contributed by atoms with Crippen LogP contribution in [0.1, 0.15) is 86.5 Å². The Morgan fingerprint density at radius 1 is 1.10 bits per heavy atom. The van der Waals surface area contributed by atoms with Gasteiger partial charge in [-0.1, -0.05) is 39.2 Å². The number of benzene rings is 2. The van der Waals surface area contributed by atoms with Crippen LogP contribution in [-0.4, -0.2) is 59.5 Å². The Hall–Kier alpha value is -3.32. The van der Waals surface area contributed by atoms with E-state index in [1.54, 1.807) is 12.0 Å². The predicted octanol–water partition coefficient (Wildman–Crippen LogP) is 6.43. The highest BCUT2D eigenvalue weighted by Crippen LogP contribution is 2.41. The van der Waals surface area contributed by atoms with Crippen molar-refractivity contribution < 1.29 is 14.6 Å². The molecule has 216 valence electrons. The monoisotopic (exact) mass is 546 g/mol. The molecular weight excluding hydrogens is 500 g/mol. The van der Waals surface area contributed by atoms with Crippen molar-refractivity contribution in [2.45, 2.75) is 77.3 Å². The maximum atomic E-state index is 13.2. The molecule has 1 heterocycles. The van der Waals surface area contributed by atoms with Crippen LogP contribution in [-0.2, 0) is 6.42 Å². The minimum absolute atomic E-state index is 0.00818. The van der Waals surface area contributed by atoms with Gasteiger partial charge in [-0.05, 0) is 74.4 Å². The summed E-state index contributed by atoms with van der Waals surface area (Å²) in [6.07, 6.45) is 10.7. The molecule has 7 nitrogen and oxygen atoms in total. The summed E-state index contributed by atoms with van der Waals surface area (Å²) in [5.74, 6) is 1.34. The van der Waals surface area contributed by atoms with Gasteiger partial charge in [0.25, 0.3) is 5.91 Å². The number of hydrogen-bond donors (Lipinski definition) is 1. The molecular formula is C33H46N4O3. The summed E-state index contributed by atoms with van der Waals surface area (Å²) in [7, 11) is 5.70. The quantitative estimate of drug-likeness (QED) is 0.283. The number of rotatable bonds is 12. The van der Waals surface area contributed by atoms with E-state index in [1.165, 1.54) is 37.7 Å². The summed E-state index contributed by atoms with van der Waals surface area (Å²) >= 11 is 0. The van der Waals surface area contributed by atoms with E-state index in [2.05, 4.69) is 50.2 Å². The number of ether oxygens (including phenoxy) is 1. The minimum atomic E-state index is -0.00818. The number of anilines is 1. The molecule has 7 heteroatoms. The van der Waals surface area contributed by atoms with Gasteiger partial charge >= 0.3 is 0 Å². The number of amides is 1. The molecule has 2 atom stereocenters. The number of aliphatic hydroxyl groups is 1. The normalized spacial score (nSPS) is 15.4. The fourth-order valence-corrected chi connectivity index (χ4v) is 6.25. The number of methoxy groups -OCH3 is 1. The lowest BCUT2D eigenvalue weighted by molar-refractivity contribution is 0.0702. The first-order valence-electron chi connectivity index (χ1n) is 14.9. The van der Waals surface area contributed by atoms with Gasteiger partial charge in [0.05, 0.1) is 24.5 Å². The number of carbonyl (C=O) groups excluding carboxylic acids is 1. The highest BCUT2D eigenvalue weighted by atomic mass is 16.5. The average Bonchev–Trinajstić information content (AvgIpc) is 3.43. The molecule has 3 aromatic rings. The molecule has 4 rings (SSSR count). The molecule has 1 amide bonds. The number of nitrogens with zero attached hydrogens (tertiary/aromatic N) is 4. The maximum Gasteiger partial charge on any atom is 0.253 e. The van der Waals surface area contributed by atoms with Crippen LogP contribution in [0.3, 0.4) is 0 Å².